The normalized spacial score (nSPS) is 22.5. The first kappa shape index (κ1) is 47.5. The first-order chi connectivity index (χ1) is 31.9. The van der Waals surface area contributed by atoms with Gasteiger partial charge >= 0.3 is 12.2 Å². The fourth-order valence-corrected chi connectivity index (χ4v) is 11.0. The van der Waals surface area contributed by atoms with Crippen LogP contribution < -0.4 is 26.2 Å². The van der Waals surface area contributed by atoms with Crippen molar-refractivity contribution in [3.8, 4) is 0 Å². The number of aryl methyl sites for hydroxylation is 2. The van der Waals surface area contributed by atoms with Crippen LogP contribution in [-0.2, 0) is 24.5 Å². The van der Waals surface area contributed by atoms with E-state index in [9.17, 15) is 19.2 Å². The topological polar surface area (TPSA) is 173 Å². The zero-order valence-corrected chi connectivity index (χ0v) is 41.2. The Labute approximate surface area is 395 Å². The molecule has 3 aromatic carbocycles. The number of amides is 4. The number of fused-ring (bicyclic) bond motifs is 2. The van der Waals surface area contributed by atoms with Crippen molar-refractivity contribution < 1.29 is 28.7 Å². The molecule has 1 aromatic heterocycles. The van der Waals surface area contributed by atoms with Gasteiger partial charge in [0.1, 0.15) is 24.1 Å². The number of aromatic nitrogens is 2. The molecule has 4 amide bonds. The Morgan fingerprint density at radius 3 is 1.85 bits per heavy atom. The number of hydrogen-bond donors (Lipinski definition) is 5. The van der Waals surface area contributed by atoms with Gasteiger partial charge in [-0.15, -0.1) is 0 Å². The van der Waals surface area contributed by atoms with Crippen LogP contribution in [0.5, 0.6) is 0 Å². The van der Waals surface area contributed by atoms with Gasteiger partial charge in [0.15, 0.2) is 0 Å². The lowest BCUT2D eigenvalue weighted by atomic mass is 9.84. The number of carbonyl (C=O) groups excluding carboxylic acids is 4. The first-order valence-electron chi connectivity index (χ1n) is 24.2. The average molecular weight is 918 g/mol. The summed E-state index contributed by atoms with van der Waals surface area (Å²) < 4.78 is 9.70. The van der Waals surface area contributed by atoms with Gasteiger partial charge in [-0.3, -0.25) is 9.59 Å². The minimum Gasteiger partial charge on any atom is -0.453 e. The van der Waals surface area contributed by atoms with Gasteiger partial charge in [-0.05, 0) is 122 Å². The molecular formula is C52H71N9O6. The number of imidazole rings is 1. The molecule has 5 heterocycles. The van der Waals surface area contributed by atoms with Gasteiger partial charge in [-0.2, -0.15) is 0 Å². The highest BCUT2D eigenvalue weighted by Gasteiger charge is 2.43. The molecule has 67 heavy (non-hydrogen) atoms. The highest BCUT2D eigenvalue weighted by Crippen LogP contribution is 2.51. The van der Waals surface area contributed by atoms with Gasteiger partial charge < -0.3 is 50.4 Å². The minimum absolute atomic E-state index is 0.00342. The van der Waals surface area contributed by atoms with E-state index < -0.39 is 24.3 Å². The Morgan fingerprint density at radius 1 is 0.701 bits per heavy atom. The number of nitrogens with one attached hydrogen (secondary N) is 5. The average Bonchev–Trinajstić information content (AvgIpc) is 4.14. The summed E-state index contributed by atoms with van der Waals surface area (Å²) in [7, 11) is 2.62. The minimum atomic E-state index is -0.706. The Morgan fingerprint density at radius 2 is 1.25 bits per heavy atom. The molecule has 8 rings (SSSR count). The molecule has 0 bridgehead atoms. The van der Waals surface area contributed by atoms with E-state index in [4.69, 9.17) is 14.5 Å². The van der Waals surface area contributed by atoms with Crippen LogP contribution in [0.4, 0.5) is 26.7 Å². The fraction of sp³-hybridized carbons (Fsp3) is 0.558. The largest absolute Gasteiger partial charge is 0.453 e. The molecule has 0 radical (unpaired) electrons. The van der Waals surface area contributed by atoms with Crippen LogP contribution in [0.1, 0.15) is 139 Å². The lowest BCUT2D eigenvalue weighted by molar-refractivity contribution is -0.136. The lowest BCUT2D eigenvalue weighted by Crippen LogP contribution is -2.56. The molecule has 1 unspecified atom stereocenters. The quantitative estimate of drug-likeness (QED) is 0.0977. The van der Waals surface area contributed by atoms with Crippen molar-refractivity contribution in [1.82, 2.24) is 30.4 Å². The molecule has 0 spiro atoms. The number of likely N-dealkylation sites (tertiary alicyclic amines) is 2. The molecule has 15 heteroatoms. The third-order valence-electron chi connectivity index (χ3n) is 14.6. The second-order valence-electron chi connectivity index (χ2n) is 20.8. The fourth-order valence-electron chi connectivity index (χ4n) is 11.0. The van der Waals surface area contributed by atoms with Crippen LogP contribution in [-0.4, -0.2) is 95.4 Å². The second-order valence-corrected chi connectivity index (χ2v) is 20.8. The van der Waals surface area contributed by atoms with Gasteiger partial charge in [-0.1, -0.05) is 72.7 Å². The van der Waals surface area contributed by atoms with E-state index in [2.05, 4.69) is 114 Å². The molecular weight excluding hydrogens is 847 g/mol. The van der Waals surface area contributed by atoms with Crippen molar-refractivity contribution in [2.45, 2.75) is 149 Å². The van der Waals surface area contributed by atoms with Crippen molar-refractivity contribution in [2.75, 3.05) is 42.8 Å². The van der Waals surface area contributed by atoms with Crippen LogP contribution in [0.15, 0.2) is 48.5 Å². The summed E-state index contributed by atoms with van der Waals surface area (Å²) in [6.07, 6.45) is 3.81. The van der Waals surface area contributed by atoms with E-state index in [1.54, 1.807) is 0 Å². The third kappa shape index (κ3) is 9.34. The molecule has 0 saturated carbocycles. The predicted octanol–water partition coefficient (Wildman–Crippen LogP) is 9.14. The highest BCUT2D eigenvalue weighted by atomic mass is 16.5. The molecule has 4 aliphatic heterocycles. The lowest BCUT2D eigenvalue weighted by Gasteiger charge is -2.36. The number of ether oxygens (including phenoxy) is 2. The van der Waals surface area contributed by atoms with E-state index in [0.29, 0.717) is 13.1 Å². The Bertz CT molecular complexity index is 2490. The van der Waals surface area contributed by atoms with E-state index in [1.165, 1.54) is 47.7 Å². The van der Waals surface area contributed by atoms with E-state index in [1.807, 2.05) is 37.5 Å². The second kappa shape index (κ2) is 19.0. The molecule has 4 aliphatic rings. The van der Waals surface area contributed by atoms with Crippen molar-refractivity contribution in [3.63, 3.8) is 0 Å². The number of nitrogens with zero attached hydrogens (tertiary/aromatic N) is 4. The maximum absolute atomic E-state index is 14.0. The van der Waals surface area contributed by atoms with Crippen molar-refractivity contribution in [2.24, 2.45) is 11.8 Å². The zero-order valence-electron chi connectivity index (χ0n) is 41.2. The Balaban J connectivity index is 1.09. The molecule has 0 aliphatic carbocycles. The van der Waals surface area contributed by atoms with Crippen LogP contribution >= 0.6 is 0 Å². The summed E-state index contributed by atoms with van der Waals surface area (Å²) in [5.74, 6) is 0.305. The van der Waals surface area contributed by atoms with Crippen molar-refractivity contribution >= 4 is 52.1 Å². The summed E-state index contributed by atoms with van der Waals surface area (Å²) in [6, 6.07) is 16.4. The summed E-state index contributed by atoms with van der Waals surface area (Å²) in [5, 5.41) is 13.0. The van der Waals surface area contributed by atoms with Crippen molar-refractivity contribution in [3.05, 3.63) is 82.2 Å². The van der Waals surface area contributed by atoms with Crippen LogP contribution in [0.25, 0.3) is 11.0 Å². The van der Waals surface area contributed by atoms with Gasteiger partial charge in [0.05, 0.1) is 60.8 Å². The summed E-state index contributed by atoms with van der Waals surface area (Å²) in [5.41, 5.74) is 11.2. The summed E-state index contributed by atoms with van der Waals surface area (Å²) in [6.45, 7) is 20.2. The number of hydrogen-bond acceptors (Lipinski definition) is 10. The van der Waals surface area contributed by atoms with Gasteiger partial charge in [0, 0.05) is 18.8 Å². The molecule has 7 atom stereocenters. The first-order valence-corrected chi connectivity index (χ1v) is 24.2. The molecule has 4 aromatic rings. The molecule has 15 nitrogen and oxygen atoms in total. The van der Waals surface area contributed by atoms with Gasteiger partial charge in [-0.25, -0.2) is 14.6 Å². The number of benzene rings is 3. The van der Waals surface area contributed by atoms with Crippen LogP contribution in [0.2, 0.25) is 0 Å². The third-order valence-corrected chi connectivity index (χ3v) is 14.6. The number of aromatic amines is 1. The maximum atomic E-state index is 14.0. The number of rotatable bonds is 11. The predicted molar refractivity (Wildman–Crippen MR) is 262 cm³/mol. The van der Waals surface area contributed by atoms with E-state index >= 15 is 0 Å². The number of anilines is 3. The molecule has 360 valence electrons. The standard InChI is InChI=1S/C52H71N9O6/c1-28(2)43(57-50(64)66-10)48(62)59-22-12-14-41(59)46-53-35-18-16-32(26-37(35)55-46)39-20-21-40(61(39)45-30(5)24-34(25-31(45)6)52(7,8)9)33-17-19-36-38(27-33)56-47(54-36)42-15-13-23-60(42)49(63)44(29(3)4)58-51(65)67-11/h16-19,24-29,39-44,46,53,55H,12-15,20-23H2,1-11H3,(H,54,56)(H,57,64)(H,58,65)/t39-,40-,41+,42+,43+,44+,46?/m1/s1. The highest BCUT2D eigenvalue weighted by molar-refractivity contribution is 5.88. The Hall–Kier alpha value is -5.99. The number of alkyl carbamates (subject to hydrolysis) is 2. The molecule has 5 N–H and O–H groups in total. The van der Waals surface area contributed by atoms with Crippen LogP contribution in [0.3, 0.4) is 0 Å². The number of methoxy groups -OCH3 is 2. The summed E-state index contributed by atoms with van der Waals surface area (Å²) >= 11 is 0. The van der Waals surface area contributed by atoms with Crippen LogP contribution in [0, 0.1) is 25.7 Å². The molecule has 3 saturated heterocycles. The van der Waals surface area contributed by atoms with E-state index in [-0.39, 0.29) is 59.4 Å². The number of carbonyl (C=O) groups is 4. The van der Waals surface area contributed by atoms with Gasteiger partial charge in [0.25, 0.3) is 0 Å². The van der Waals surface area contributed by atoms with Gasteiger partial charge in [0.2, 0.25) is 11.8 Å². The monoisotopic (exact) mass is 918 g/mol. The molecule has 3 fully saturated rings. The van der Waals surface area contributed by atoms with Crippen molar-refractivity contribution in [1.29, 1.82) is 0 Å². The smallest absolute Gasteiger partial charge is 0.407 e. The number of H-pyrrole nitrogens is 1. The summed E-state index contributed by atoms with van der Waals surface area (Å²) in [4.78, 5) is 67.4. The Kier molecular flexibility index (Phi) is 13.4. The van der Waals surface area contributed by atoms with E-state index in [0.717, 1.165) is 66.8 Å². The zero-order chi connectivity index (χ0) is 48.1. The SMILES string of the molecule is COC(=O)N[C@H](C(=O)N1CCC[C@H]1c1nc2ccc([C@H]3CC[C@H](c4ccc5c(c4)NC([C@@H]4CCCN4C(=O)[C@@H](NC(=O)OC)C(C)C)N5)N3c3c(C)cc(C(C)(C)C)cc3C)cc2[nH]1)C(C)C. The maximum Gasteiger partial charge on any atom is 0.407 e.